The molecule has 2 atom stereocenters. The molecule has 2 aromatic rings. The second-order valence-corrected chi connectivity index (χ2v) is 12.8. The van der Waals surface area contributed by atoms with E-state index in [4.69, 9.17) is 10.1 Å². The first kappa shape index (κ1) is 22.5. The van der Waals surface area contributed by atoms with E-state index < -0.39 is 16.0 Å². The number of thioether (sulfide) groups is 2. The Balaban J connectivity index is 1.42. The van der Waals surface area contributed by atoms with E-state index in [2.05, 4.69) is 5.32 Å². The molecular formula is C20H23N3O4S4. The zero-order valence-electron chi connectivity index (χ0n) is 16.9. The van der Waals surface area contributed by atoms with Crippen LogP contribution in [-0.4, -0.2) is 60.9 Å². The van der Waals surface area contributed by atoms with Gasteiger partial charge in [0.15, 0.2) is 0 Å². The van der Waals surface area contributed by atoms with Gasteiger partial charge in [0, 0.05) is 18.7 Å². The molecule has 1 aromatic heterocycles. The summed E-state index contributed by atoms with van der Waals surface area (Å²) in [6.45, 7) is 0.738. The van der Waals surface area contributed by atoms with Crippen LogP contribution in [0.25, 0.3) is 0 Å². The molecule has 2 unspecified atom stereocenters. The van der Waals surface area contributed by atoms with Crippen LogP contribution in [0.15, 0.2) is 44.9 Å². The Morgan fingerprint density at radius 2 is 2.19 bits per heavy atom. The number of benzene rings is 1. The van der Waals surface area contributed by atoms with Crippen molar-refractivity contribution < 1.29 is 18.3 Å². The minimum Gasteiger partial charge on any atom is -0.481 e. The van der Waals surface area contributed by atoms with Gasteiger partial charge in [0.25, 0.3) is 10.0 Å². The number of hydrogen-bond acceptors (Lipinski definition) is 8. The second kappa shape index (κ2) is 9.43. The molecule has 0 spiro atoms. The number of hydrogen-bond donors (Lipinski definition) is 2. The minimum absolute atomic E-state index is 0.0377. The first-order valence-corrected chi connectivity index (χ1v) is 14.1. The van der Waals surface area contributed by atoms with E-state index in [0.717, 1.165) is 41.4 Å². The van der Waals surface area contributed by atoms with Gasteiger partial charge < -0.3 is 10.4 Å². The molecule has 3 heterocycles. The van der Waals surface area contributed by atoms with Crippen LogP contribution in [-0.2, 0) is 21.2 Å². The van der Waals surface area contributed by atoms with Crippen LogP contribution < -0.4 is 9.62 Å². The van der Waals surface area contributed by atoms with Crippen molar-refractivity contribution in [1.29, 1.82) is 0 Å². The number of carboxylic acids is 1. The number of carboxylic acid groups (broad SMARTS) is 1. The summed E-state index contributed by atoms with van der Waals surface area (Å²) in [5.41, 5.74) is 2.57. The maximum absolute atomic E-state index is 13.0. The van der Waals surface area contributed by atoms with Crippen LogP contribution in [0.3, 0.4) is 0 Å². The predicted molar refractivity (Wildman–Crippen MR) is 131 cm³/mol. The standard InChI is InChI=1S/C20H23N3O4S4/c1-23(31(26,27)18-6-3-8-29-18)16-5-2-4-13-10-15(22-19(13)16)20-21-11-14(30-20)7-9-28-12-17(24)25/h2-6,8,14-15,22H,7,9-12H2,1H3,(H,24,25). The Labute approximate surface area is 194 Å². The van der Waals surface area contributed by atoms with Gasteiger partial charge in [-0.3, -0.25) is 14.1 Å². The van der Waals surface area contributed by atoms with Gasteiger partial charge in [-0.05, 0) is 35.2 Å². The van der Waals surface area contributed by atoms with Gasteiger partial charge in [0.1, 0.15) is 4.21 Å². The lowest BCUT2D eigenvalue weighted by atomic mass is 10.1. The molecule has 31 heavy (non-hydrogen) atoms. The average molecular weight is 498 g/mol. The average Bonchev–Trinajstić information content (AvgIpc) is 3.50. The highest BCUT2D eigenvalue weighted by Gasteiger charge is 2.33. The van der Waals surface area contributed by atoms with Crippen molar-refractivity contribution in [2.45, 2.75) is 28.3 Å². The van der Waals surface area contributed by atoms with Crippen molar-refractivity contribution in [1.82, 2.24) is 0 Å². The van der Waals surface area contributed by atoms with Crippen molar-refractivity contribution in [2.24, 2.45) is 4.99 Å². The van der Waals surface area contributed by atoms with Crippen molar-refractivity contribution in [3.8, 4) is 0 Å². The second-order valence-electron chi connectivity index (χ2n) is 7.27. The maximum atomic E-state index is 13.0. The van der Waals surface area contributed by atoms with Gasteiger partial charge in [0.05, 0.1) is 34.8 Å². The normalized spacial score (nSPS) is 20.2. The number of para-hydroxylation sites is 1. The highest BCUT2D eigenvalue weighted by molar-refractivity contribution is 8.15. The van der Waals surface area contributed by atoms with Crippen LogP contribution in [0.2, 0.25) is 0 Å². The number of nitrogens with one attached hydrogen (secondary N) is 1. The molecule has 2 N–H and O–H groups in total. The number of aliphatic carboxylic acids is 1. The molecule has 0 bridgehead atoms. The van der Waals surface area contributed by atoms with E-state index in [1.165, 1.54) is 27.4 Å². The van der Waals surface area contributed by atoms with E-state index >= 15 is 0 Å². The summed E-state index contributed by atoms with van der Waals surface area (Å²) in [6, 6.07) is 9.14. The number of anilines is 2. The van der Waals surface area contributed by atoms with Crippen molar-refractivity contribution >= 4 is 67.3 Å². The first-order valence-electron chi connectivity index (χ1n) is 9.77. The molecular weight excluding hydrogens is 475 g/mol. The fraction of sp³-hybridized carbons (Fsp3) is 0.400. The summed E-state index contributed by atoms with van der Waals surface area (Å²) >= 11 is 4.40. The van der Waals surface area contributed by atoms with E-state index in [1.807, 2.05) is 18.2 Å². The third kappa shape index (κ3) is 4.89. The zero-order valence-corrected chi connectivity index (χ0v) is 20.1. The van der Waals surface area contributed by atoms with Gasteiger partial charge in [0.2, 0.25) is 0 Å². The topological polar surface area (TPSA) is 99.1 Å². The Morgan fingerprint density at radius 3 is 2.94 bits per heavy atom. The van der Waals surface area contributed by atoms with E-state index in [1.54, 1.807) is 36.3 Å². The largest absolute Gasteiger partial charge is 0.481 e. The molecule has 11 heteroatoms. The van der Waals surface area contributed by atoms with Crippen LogP contribution in [0.1, 0.15) is 12.0 Å². The zero-order chi connectivity index (χ0) is 22.0. The Morgan fingerprint density at radius 1 is 1.35 bits per heavy atom. The third-order valence-corrected chi connectivity index (χ3v) is 10.7. The SMILES string of the molecule is CN(c1cccc2c1NC(C1=NCC(CCSCC(=O)O)S1)C2)S(=O)(=O)c1cccs1. The summed E-state index contributed by atoms with van der Waals surface area (Å²) in [5.74, 6) is 0.159. The summed E-state index contributed by atoms with van der Waals surface area (Å²) in [4.78, 5) is 15.4. The smallest absolute Gasteiger partial charge is 0.313 e. The van der Waals surface area contributed by atoms with E-state index in [-0.39, 0.29) is 11.8 Å². The number of sulfonamides is 1. The lowest BCUT2D eigenvalue weighted by Gasteiger charge is -2.22. The first-order chi connectivity index (χ1) is 14.9. The molecule has 166 valence electrons. The molecule has 0 saturated heterocycles. The number of carbonyl (C=O) groups is 1. The number of nitrogens with zero attached hydrogens (tertiary/aromatic N) is 2. The van der Waals surface area contributed by atoms with Gasteiger partial charge >= 0.3 is 5.97 Å². The van der Waals surface area contributed by atoms with E-state index in [9.17, 15) is 13.2 Å². The summed E-state index contributed by atoms with van der Waals surface area (Å²) in [6.07, 6.45) is 1.69. The molecule has 0 radical (unpaired) electrons. The molecule has 0 saturated carbocycles. The van der Waals surface area contributed by atoms with Crippen LogP contribution in [0.5, 0.6) is 0 Å². The number of aliphatic imine (C=N–C) groups is 1. The van der Waals surface area contributed by atoms with Gasteiger partial charge in [-0.1, -0.05) is 18.2 Å². The van der Waals surface area contributed by atoms with Gasteiger partial charge in [-0.25, -0.2) is 8.42 Å². The highest BCUT2D eigenvalue weighted by Crippen LogP contribution is 2.40. The summed E-state index contributed by atoms with van der Waals surface area (Å²) < 4.78 is 27.6. The molecule has 4 rings (SSSR count). The third-order valence-electron chi connectivity index (χ3n) is 5.17. The summed E-state index contributed by atoms with van der Waals surface area (Å²) in [7, 11) is -2.01. The van der Waals surface area contributed by atoms with E-state index in [0.29, 0.717) is 15.1 Å². The van der Waals surface area contributed by atoms with Crippen molar-refractivity contribution in [2.75, 3.05) is 34.7 Å². The monoisotopic (exact) mass is 497 g/mol. The Bertz CT molecular complexity index is 1090. The van der Waals surface area contributed by atoms with Gasteiger partial charge in [-0.15, -0.1) is 23.1 Å². The maximum Gasteiger partial charge on any atom is 0.313 e. The van der Waals surface area contributed by atoms with Crippen LogP contribution in [0.4, 0.5) is 11.4 Å². The fourth-order valence-corrected chi connectivity index (χ4v) is 8.08. The quantitative estimate of drug-likeness (QED) is 0.511. The molecule has 7 nitrogen and oxygen atoms in total. The molecule has 0 amide bonds. The number of rotatable bonds is 9. The Kier molecular flexibility index (Phi) is 6.85. The van der Waals surface area contributed by atoms with Crippen molar-refractivity contribution in [3.63, 3.8) is 0 Å². The molecule has 0 aliphatic carbocycles. The number of thiophene rings is 1. The number of fused-ring (bicyclic) bond motifs is 1. The van der Waals surface area contributed by atoms with Gasteiger partial charge in [-0.2, -0.15) is 11.8 Å². The Hall–Kier alpha value is -1.69. The van der Waals surface area contributed by atoms with Crippen LogP contribution >= 0.6 is 34.9 Å². The molecule has 2 aliphatic rings. The summed E-state index contributed by atoms with van der Waals surface area (Å²) in [5, 5.41) is 15.4. The van der Waals surface area contributed by atoms with Crippen LogP contribution in [0, 0.1) is 0 Å². The predicted octanol–water partition coefficient (Wildman–Crippen LogP) is 3.63. The molecule has 1 aromatic carbocycles. The molecule has 2 aliphatic heterocycles. The highest BCUT2D eigenvalue weighted by atomic mass is 32.2. The lowest BCUT2D eigenvalue weighted by molar-refractivity contribution is -0.133. The van der Waals surface area contributed by atoms with Crippen molar-refractivity contribution in [3.05, 3.63) is 41.3 Å². The lowest BCUT2D eigenvalue weighted by Crippen LogP contribution is -2.28. The fourth-order valence-electron chi connectivity index (χ4n) is 3.61. The minimum atomic E-state index is -3.60. The molecule has 0 fully saturated rings.